The second kappa shape index (κ2) is 7.03. The minimum absolute atomic E-state index is 0.117. The monoisotopic (exact) mass is 332 g/mol. The predicted octanol–water partition coefficient (Wildman–Crippen LogP) is 1.78. The van der Waals surface area contributed by atoms with E-state index in [1.165, 1.54) is 21.2 Å². The summed E-state index contributed by atoms with van der Waals surface area (Å²) in [5, 5.41) is 2.64. The van der Waals surface area contributed by atoms with E-state index in [4.69, 9.17) is 0 Å². The third kappa shape index (κ3) is 3.39. The molecule has 0 atom stereocenters. The van der Waals surface area contributed by atoms with Gasteiger partial charge in [-0.3, -0.25) is 9.78 Å². The fourth-order valence-corrected chi connectivity index (χ4v) is 3.60. The van der Waals surface area contributed by atoms with E-state index in [2.05, 4.69) is 47.4 Å². The Hall–Kier alpha value is -2.72. The highest BCUT2D eigenvalue weighted by Gasteiger charge is 2.24. The van der Waals surface area contributed by atoms with Crippen LogP contribution in [0.1, 0.15) is 15.9 Å². The molecule has 2 aromatic carbocycles. The Kier molecular flexibility index (Phi) is 4.44. The number of aromatic nitrogens is 1. The van der Waals surface area contributed by atoms with Crippen molar-refractivity contribution in [2.75, 3.05) is 26.2 Å². The molecule has 1 amide bonds. The molecule has 0 spiro atoms. The number of carbonyl (C=O) groups is 1. The average molecular weight is 332 g/mol. The number of quaternary nitrogens is 1. The summed E-state index contributed by atoms with van der Waals surface area (Å²) in [7, 11) is 0. The maximum absolute atomic E-state index is 12.5. The van der Waals surface area contributed by atoms with Gasteiger partial charge < -0.3 is 9.80 Å². The summed E-state index contributed by atoms with van der Waals surface area (Å²) in [6, 6.07) is 18.7. The molecule has 126 valence electrons. The van der Waals surface area contributed by atoms with Crippen molar-refractivity contribution in [3.8, 4) is 0 Å². The van der Waals surface area contributed by atoms with Gasteiger partial charge in [0.2, 0.25) is 0 Å². The highest BCUT2D eigenvalue weighted by atomic mass is 16.2. The molecule has 1 aliphatic rings. The third-order valence-corrected chi connectivity index (χ3v) is 5.01. The number of amides is 1. The molecule has 1 fully saturated rings. The van der Waals surface area contributed by atoms with Crippen LogP contribution < -0.4 is 4.90 Å². The molecule has 1 saturated heterocycles. The van der Waals surface area contributed by atoms with Crippen molar-refractivity contribution in [1.82, 2.24) is 9.88 Å². The van der Waals surface area contributed by atoms with Gasteiger partial charge in [0.15, 0.2) is 0 Å². The van der Waals surface area contributed by atoms with Gasteiger partial charge in [0.25, 0.3) is 5.91 Å². The van der Waals surface area contributed by atoms with Crippen molar-refractivity contribution >= 4 is 16.7 Å². The first kappa shape index (κ1) is 15.8. The summed E-state index contributed by atoms with van der Waals surface area (Å²) in [6.45, 7) is 4.60. The van der Waals surface area contributed by atoms with Crippen LogP contribution in [0.5, 0.6) is 0 Å². The van der Waals surface area contributed by atoms with E-state index in [1.807, 2.05) is 4.90 Å². The van der Waals surface area contributed by atoms with Crippen LogP contribution in [-0.4, -0.2) is 42.0 Å². The van der Waals surface area contributed by atoms with Crippen LogP contribution in [0.3, 0.4) is 0 Å². The zero-order valence-corrected chi connectivity index (χ0v) is 14.2. The van der Waals surface area contributed by atoms with Crippen molar-refractivity contribution in [3.63, 3.8) is 0 Å². The van der Waals surface area contributed by atoms with Crippen LogP contribution in [0.2, 0.25) is 0 Å². The standard InChI is InChI=1S/C21H21N3O/c25-21(18-8-10-22-11-9-18)24-14-12-23(13-15-24)16-19-6-3-5-17-4-1-2-7-20(17)19/h1-11H,12-16H2/p+1. The van der Waals surface area contributed by atoms with Gasteiger partial charge in [0.1, 0.15) is 6.54 Å². The highest BCUT2D eigenvalue weighted by molar-refractivity contribution is 5.94. The second-order valence-electron chi connectivity index (χ2n) is 6.59. The van der Waals surface area contributed by atoms with E-state index >= 15 is 0 Å². The van der Waals surface area contributed by atoms with Crippen molar-refractivity contribution in [3.05, 3.63) is 78.1 Å². The quantitative estimate of drug-likeness (QED) is 0.794. The van der Waals surface area contributed by atoms with E-state index in [0.717, 1.165) is 38.3 Å². The lowest BCUT2D eigenvalue weighted by Gasteiger charge is -2.32. The van der Waals surface area contributed by atoms with Crippen LogP contribution >= 0.6 is 0 Å². The number of fused-ring (bicyclic) bond motifs is 1. The van der Waals surface area contributed by atoms with E-state index in [0.29, 0.717) is 0 Å². The van der Waals surface area contributed by atoms with Crippen molar-refractivity contribution in [2.45, 2.75) is 6.54 Å². The second-order valence-corrected chi connectivity index (χ2v) is 6.59. The summed E-state index contributed by atoms with van der Waals surface area (Å²) in [5.41, 5.74) is 2.12. The molecule has 0 saturated carbocycles. The molecular formula is C21H22N3O+. The molecule has 25 heavy (non-hydrogen) atoms. The van der Waals surface area contributed by atoms with E-state index in [9.17, 15) is 4.79 Å². The van der Waals surface area contributed by atoms with Gasteiger partial charge in [-0.05, 0) is 22.9 Å². The first-order chi connectivity index (χ1) is 12.3. The Balaban J connectivity index is 1.41. The molecule has 0 unspecified atom stereocenters. The van der Waals surface area contributed by atoms with Crippen molar-refractivity contribution in [2.24, 2.45) is 0 Å². The zero-order chi connectivity index (χ0) is 17.1. The van der Waals surface area contributed by atoms with E-state index in [-0.39, 0.29) is 5.91 Å². The molecule has 3 aromatic rings. The van der Waals surface area contributed by atoms with Crippen molar-refractivity contribution < 1.29 is 9.69 Å². The minimum atomic E-state index is 0.117. The Bertz CT molecular complexity index is 865. The largest absolute Gasteiger partial charge is 0.328 e. The van der Waals surface area contributed by atoms with Crippen LogP contribution in [0.25, 0.3) is 10.8 Å². The molecule has 1 aromatic heterocycles. The van der Waals surface area contributed by atoms with Gasteiger partial charge in [-0.25, -0.2) is 0 Å². The Morgan fingerprint density at radius 2 is 1.68 bits per heavy atom. The van der Waals surface area contributed by atoms with Gasteiger partial charge in [-0.2, -0.15) is 0 Å². The summed E-state index contributed by atoms with van der Waals surface area (Å²) in [5.74, 6) is 0.117. The van der Waals surface area contributed by atoms with Crippen LogP contribution in [0.15, 0.2) is 67.0 Å². The smallest absolute Gasteiger partial charge is 0.254 e. The molecule has 0 bridgehead atoms. The third-order valence-electron chi connectivity index (χ3n) is 5.01. The van der Waals surface area contributed by atoms with E-state index < -0.39 is 0 Å². The molecule has 1 N–H and O–H groups in total. The van der Waals surface area contributed by atoms with Crippen LogP contribution in [0.4, 0.5) is 0 Å². The topological polar surface area (TPSA) is 37.6 Å². The minimum Gasteiger partial charge on any atom is -0.328 e. The van der Waals surface area contributed by atoms with Gasteiger partial charge in [0.05, 0.1) is 26.2 Å². The maximum atomic E-state index is 12.5. The lowest BCUT2D eigenvalue weighted by atomic mass is 10.0. The van der Waals surface area contributed by atoms with Crippen LogP contribution in [0, 0.1) is 0 Å². The van der Waals surface area contributed by atoms with E-state index in [1.54, 1.807) is 24.5 Å². The summed E-state index contributed by atoms with van der Waals surface area (Å²) >= 11 is 0. The van der Waals surface area contributed by atoms with Gasteiger partial charge in [-0.1, -0.05) is 42.5 Å². The Morgan fingerprint density at radius 3 is 2.48 bits per heavy atom. The molecule has 2 heterocycles. The fraction of sp³-hybridized carbons (Fsp3) is 0.238. The average Bonchev–Trinajstić information content (AvgIpc) is 2.69. The normalized spacial score (nSPS) is 15.4. The summed E-state index contributed by atoms with van der Waals surface area (Å²) in [4.78, 5) is 20.0. The number of hydrogen-bond donors (Lipinski definition) is 1. The lowest BCUT2D eigenvalue weighted by Crippen LogP contribution is -3.13. The molecule has 4 rings (SSSR count). The molecule has 1 aliphatic heterocycles. The van der Waals surface area contributed by atoms with Crippen molar-refractivity contribution in [1.29, 1.82) is 0 Å². The molecule has 4 nitrogen and oxygen atoms in total. The highest BCUT2D eigenvalue weighted by Crippen LogP contribution is 2.17. The number of hydrogen-bond acceptors (Lipinski definition) is 2. The first-order valence-corrected chi connectivity index (χ1v) is 8.81. The SMILES string of the molecule is O=C(c1ccncc1)N1CC[NH+](Cc2cccc3ccccc23)CC1. The Morgan fingerprint density at radius 1 is 0.960 bits per heavy atom. The van der Waals surface area contributed by atoms with Gasteiger partial charge in [-0.15, -0.1) is 0 Å². The molecule has 0 radical (unpaired) electrons. The molecular weight excluding hydrogens is 310 g/mol. The number of pyridine rings is 1. The number of benzene rings is 2. The predicted molar refractivity (Wildman–Crippen MR) is 98.5 cm³/mol. The van der Waals surface area contributed by atoms with Gasteiger partial charge >= 0.3 is 0 Å². The number of nitrogens with one attached hydrogen (secondary N) is 1. The number of carbonyl (C=O) groups excluding carboxylic acids is 1. The summed E-state index contributed by atoms with van der Waals surface area (Å²) < 4.78 is 0. The molecule has 4 heteroatoms. The van der Waals surface area contributed by atoms with Crippen LogP contribution in [-0.2, 0) is 6.54 Å². The number of rotatable bonds is 3. The first-order valence-electron chi connectivity index (χ1n) is 8.81. The zero-order valence-electron chi connectivity index (χ0n) is 14.2. The summed E-state index contributed by atoms with van der Waals surface area (Å²) in [6.07, 6.45) is 3.35. The lowest BCUT2D eigenvalue weighted by molar-refractivity contribution is -0.917. The maximum Gasteiger partial charge on any atom is 0.254 e. The fourth-order valence-electron chi connectivity index (χ4n) is 3.60. The molecule has 0 aliphatic carbocycles. The Labute approximate surface area is 147 Å². The number of piperazine rings is 1. The van der Waals surface area contributed by atoms with Gasteiger partial charge in [0, 0.05) is 23.5 Å². The number of nitrogens with zero attached hydrogens (tertiary/aromatic N) is 2.